The summed E-state index contributed by atoms with van der Waals surface area (Å²) in [5, 5.41) is 6.13. The molecule has 1 aromatic heterocycles. The zero-order chi connectivity index (χ0) is 14.5. The number of hydrogen-bond donors (Lipinski definition) is 2. The van der Waals surface area contributed by atoms with Crippen LogP contribution < -0.4 is 15.5 Å². The second-order valence-electron chi connectivity index (χ2n) is 4.96. The molecule has 2 aromatic rings. The molecule has 1 fully saturated rings. The fraction of sp³-hybridized carbons (Fsp3) is 0.250. The van der Waals surface area contributed by atoms with Crippen LogP contribution in [0.3, 0.4) is 0 Å². The summed E-state index contributed by atoms with van der Waals surface area (Å²) >= 11 is 0. The Bertz CT molecular complexity index is 597. The monoisotopic (exact) mass is 318 g/mol. The van der Waals surface area contributed by atoms with Gasteiger partial charge in [-0.2, -0.15) is 0 Å². The number of piperazine rings is 1. The second-order valence-corrected chi connectivity index (χ2v) is 4.96. The van der Waals surface area contributed by atoms with Crippen molar-refractivity contribution in [3.8, 4) is 0 Å². The molecule has 0 aliphatic carbocycles. The van der Waals surface area contributed by atoms with Gasteiger partial charge in [0.25, 0.3) is 5.91 Å². The summed E-state index contributed by atoms with van der Waals surface area (Å²) in [7, 11) is 0. The van der Waals surface area contributed by atoms with Gasteiger partial charge in [0.05, 0.1) is 11.9 Å². The molecule has 0 bridgehead atoms. The van der Waals surface area contributed by atoms with E-state index in [2.05, 4.69) is 20.5 Å². The van der Waals surface area contributed by atoms with E-state index < -0.39 is 0 Å². The molecule has 6 heteroatoms. The Hall–Kier alpha value is -2.11. The molecule has 22 heavy (non-hydrogen) atoms. The number of rotatable bonds is 3. The largest absolute Gasteiger partial charge is 0.368 e. The Balaban J connectivity index is 0.00000176. The minimum Gasteiger partial charge on any atom is -0.368 e. The van der Waals surface area contributed by atoms with Crippen molar-refractivity contribution in [3.63, 3.8) is 0 Å². The number of benzene rings is 1. The highest BCUT2D eigenvalue weighted by molar-refractivity contribution is 6.03. The van der Waals surface area contributed by atoms with Gasteiger partial charge in [-0.25, -0.2) is 4.98 Å². The first-order chi connectivity index (χ1) is 10.3. The molecule has 2 heterocycles. The maximum absolute atomic E-state index is 12.0. The third-order valence-corrected chi connectivity index (χ3v) is 3.51. The second kappa shape index (κ2) is 7.77. The van der Waals surface area contributed by atoms with E-state index in [1.54, 1.807) is 12.1 Å². The van der Waals surface area contributed by atoms with E-state index >= 15 is 0 Å². The highest BCUT2D eigenvalue weighted by atomic mass is 35.5. The van der Waals surface area contributed by atoms with Crippen molar-refractivity contribution in [2.45, 2.75) is 0 Å². The molecule has 0 saturated carbocycles. The van der Waals surface area contributed by atoms with Gasteiger partial charge in [-0.3, -0.25) is 4.79 Å². The molecule has 2 N–H and O–H groups in total. The number of halogens is 1. The van der Waals surface area contributed by atoms with Gasteiger partial charge < -0.3 is 15.5 Å². The summed E-state index contributed by atoms with van der Waals surface area (Å²) < 4.78 is 0. The maximum atomic E-state index is 12.0. The van der Waals surface area contributed by atoms with Gasteiger partial charge in [0, 0.05) is 31.7 Å². The zero-order valence-corrected chi connectivity index (χ0v) is 13.0. The SMILES string of the molecule is Cl.O=C(Nc1ccc(N2CCNCC2)cn1)c1ccccc1. The third kappa shape index (κ3) is 3.96. The lowest BCUT2D eigenvalue weighted by Crippen LogP contribution is -2.43. The smallest absolute Gasteiger partial charge is 0.256 e. The molecule has 1 aliphatic rings. The number of nitrogens with one attached hydrogen (secondary N) is 2. The Morgan fingerprint density at radius 3 is 2.45 bits per heavy atom. The quantitative estimate of drug-likeness (QED) is 0.910. The summed E-state index contributed by atoms with van der Waals surface area (Å²) in [6, 6.07) is 13.0. The van der Waals surface area contributed by atoms with E-state index in [1.165, 1.54) is 0 Å². The van der Waals surface area contributed by atoms with Crippen molar-refractivity contribution in [1.82, 2.24) is 10.3 Å². The third-order valence-electron chi connectivity index (χ3n) is 3.51. The van der Waals surface area contributed by atoms with E-state index in [0.717, 1.165) is 31.9 Å². The fourth-order valence-electron chi connectivity index (χ4n) is 2.35. The first-order valence-electron chi connectivity index (χ1n) is 7.11. The van der Waals surface area contributed by atoms with Crippen LogP contribution >= 0.6 is 12.4 Å². The minimum atomic E-state index is -0.141. The van der Waals surface area contributed by atoms with Crippen LogP contribution in [-0.4, -0.2) is 37.1 Å². The van der Waals surface area contributed by atoms with Crippen molar-refractivity contribution in [2.24, 2.45) is 0 Å². The molecule has 116 valence electrons. The molecule has 5 nitrogen and oxygen atoms in total. The van der Waals surface area contributed by atoms with Crippen molar-refractivity contribution < 1.29 is 4.79 Å². The number of pyridine rings is 1. The predicted molar refractivity (Wildman–Crippen MR) is 91.0 cm³/mol. The van der Waals surface area contributed by atoms with Gasteiger partial charge in [-0.15, -0.1) is 12.4 Å². The fourth-order valence-corrected chi connectivity index (χ4v) is 2.35. The average Bonchev–Trinajstić information content (AvgIpc) is 2.57. The van der Waals surface area contributed by atoms with E-state index in [0.29, 0.717) is 11.4 Å². The first-order valence-corrected chi connectivity index (χ1v) is 7.11. The van der Waals surface area contributed by atoms with Gasteiger partial charge in [-0.05, 0) is 24.3 Å². The molecule has 1 aliphatic heterocycles. The molecule has 0 unspecified atom stereocenters. The van der Waals surface area contributed by atoms with Crippen molar-refractivity contribution in [2.75, 3.05) is 36.4 Å². The van der Waals surface area contributed by atoms with Crippen LogP contribution in [0.4, 0.5) is 11.5 Å². The van der Waals surface area contributed by atoms with E-state index in [4.69, 9.17) is 0 Å². The lowest BCUT2D eigenvalue weighted by Gasteiger charge is -2.29. The molecule has 1 aromatic carbocycles. The molecule has 0 spiro atoms. The summed E-state index contributed by atoms with van der Waals surface area (Å²) in [6.45, 7) is 3.95. The summed E-state index contributed by atoms with van der Waals surface area (Å²) in [5.74, 6) is 0.431. The number of aromatic nitrogens is 1. The van der Waals surface area contributed by atoms with Gasteiger partial charge in [0.15, 0.2) is 0 Å². The maximum Gasteiger partial charge on any atom is 0.256 e. The average molecular weight is 319 g/mol. The molecule has 0 radical (unpaired) electrons. The normalized spacial score (nSPS) is 14.1. The topological polar surface area (TPSA) is 57.3 Å². The van der Waals surface area contributed by atoms with Crippen LogP contribution in [0.25, 0.3) is 0 Å². The minimum absolute atomic E-state index is 0. The van der Waals surface area contributed by atoms with Crippen molar-refractivity contribution >= 4 is 29.8 Å². The summed E-state index contributed by atoms with van der Waals surface area (Å²) in [6.07, 6.45) is 1.81. The van der Waals surface area contributed by atoms with Crippen LogP contribution in [0.5, 0.6) is 0 Å². The number of nitrogens with zero attached hydrogens (tertiary/aromatic N) is 2. The van der Waals surface area contributed by atoms with Crippen LogP contribution in [-0.2, 0) is 0 Å². The number of anilines is 2. The predicted octanol–water partition coefficient (Wildman–Crippen LogP) is 2.17. The van der Waals surface area contributed by atoms with Gasteiger partial charge in [-0.1, -0.05) is 18.2 Å². The van der Waals surface area contributed by atoms with Crippen LogP contribution in [0.1, 0.15) is 10.4 Å². The molecular weight excluding hydrogens is 300 g/mol. The lowest BCUT2D eigenvalue weighted by molar-refractivity contribution is 0.102. The Labute approximate surface area is 136 Å². The van der Waals surface area contributed by atoms with Gasteiger partial charge >= 0.3 is 0 Å². The number of hydrogen-bond acceptors (Lipinski definition) is 4. The molecule has 0 atom stereocenters. The van der Waals surface area contributed by atoms with Crippen LogP contribution in [0, 0.1) is 0 Å². The van der Waals surface area contributed by atoms with E-state index in [9.17, 15) is 4.79 Å². The van der Waals surface area contributed by atoms with Crippen LogP contribution in [0.15, 0.2) is 48.7 Å². The van der Waals surface area contributed by atoms with Crippen molar-refractivity contribution in [3.05, 3.63) is 54.2 Å². The summed E-state index contributed by atoms with van der Waals surface area (Å²) in [4.78, 5) is 18.6. The van der Waals surface area contributed by atoms with Gasteiger partial charge in [0.1, 0.15) is 5.82 Å². The highest BCUT2D eigenvalue weighted by Crippen LogP contribution is 2.16. The number of carbonyl (C=O) groups is 1. The summed E-state index contributed by atoms with van der Waals surface area (Å²) in [5.41, 5.74) is 1.72. The zero-order valence-electron chi connectivity index (χ0n) is 12.2. The van der Waals surface area contributed by atoms with Crippen molar-refractivity contribution in [1.29, 1.82) is 0 Å². The Morgan fingerprint density at radius 2 is 1.82 bits per heavy atom. The van der Waals surface area contributed by atoms with Crippen LogP contribution in [0.2, 0.25) is 0 Å². The highest BCUT2D eigenvalue weighted by Gasteiger charge is 2.11. The molecule has 1 amide bonds. The standard InChI is InChI=1S/C16H18N4O.ClH/c21-16(13-4-2-1-3-5-13)19-15-7-6-14(12-18-15)20-10-8-17-9-11-20;/h1-7,12,17H,8-11H2,(H,18,19,21);1H. The van der Waals surface area contributed by atoms with Gasteiger partial charge in [0.2, 0.25) is 0 Å². The molecular formula is C16H19ClN4O. The Kier molecular flexibility index (Phi) is 5.75. The number of carbonyl (C=O) groups excluding carboxylic acids is 1. The lowest BCUT2D eigenvalue weighted by atomic mass is 10.2. The van der Waals surface area contributed by atoms with E-state index in [1.807, 2.05) is 36.5 Å². The Morgan fingerprint density at radius 1 is 1.09 bits per heavy atom. The number of amides is 1. The molecule has 1 saturated heterocycles. The van der Waals surface area contributed by atoms with E-state index in [-0.39, 0.29) is 18.3 Å². The first kappa shape index (κ1) is 16.3. The molecule has 3 rings (SSSR count).